The number of carbonyl (C=O) groups excluding carboxylic acids is 1. The maximum absolute atomic E-state index is 12.7. The maximum Gasteiger partial charge on any atom is 0.417 e. The van der Waals surface area contributed by atoms with Gasteiger partial charge in [0.1, 0.15) is 11.6 Å². The lowest BCUT2D eigenvalue weighted by Gasteiger charge is -2.12. The summed E-state index contributed by atoms with van der Waals surface area (Å²) in [6.07, 6.45) is 0.749. The summed E-state index contributed by atoms with van der Waals surface area (Å²) in [5.41, 5.74) is -1.95. The van der Waals surface area contributed by atoms with E-state index in [-0.39, 0.29) is 6.54 Å². The standard InChI is InChI=1S/C13H12ClF3N4O2/c14-10-5-9(13(15,16)17)6-21(12(10)23)7-11(22)19-2-4-20-3-1-18-8-20/h1,3,5-6,8H,2,4,7H2,(H,19,22). The highest BCUT2D eigenvalue weighted by atomic mass is 35.5. The SMILES string of the molecule is O=C(Cn1cc(C(F)(F)F)cc(Cl)c1=O)NCCn1ccnc1. The lowest BCUT2D eigenvalue weighted by molar-refractivity contribution is -0.138. The molecule has 0 bridgehead atoms. The van der Waals surface area contributed by atoms with Crippen LogP contribution in [0, 0.1) is 0 Å². The van der Waals surface area contributed by atoms with Crippen molar-refractivity contribution in [2.75, 3.05) is 6.54 Å². The van der Waals surface area contributed by atoms with Crippen LogP contribution >= 0.6 is 11.6 Å². The number of rotatable bonds is 5. The normalized spacial score (nSPS) is 11.5. The Labute approximate surface area is 133 Å². The summed E-state index contributed by atoms with van der Waals surface area (Å²) >= 11 is 5.51. The molecule has 0 spiro atoms. The van der Waals surface area contributed by atoms with Crippen molar-refractivity contribution in [3.8, 4) is 0 Å². The second-order valence-corrected chi connectivity index (χ2v) is 5.07. The van der Waals surface area contributed by atoms with Gasteiger partial charge in [-0.3, -0.25) is 9.59 Å². The molecule has 124 valence electrons. The second-order valence-electron chi connectivity index (χ2n) is 4.66. The van der Waals surface area contributed by atoms with Crippen LogP contribution < -0.4 is 10.9 Å². The molecule has 0 atom stereocenters. The Morgan fingerprint density at radius 3 is 2.74 bits per heavy atom. The molecule has 1 N–H and O–H groups in total. The van der Waals surface area contributed by atoms with Gasteiger partial charge in [-0.2, -0.15) is 13.2 Å². The van der Waals surface area contributed by atoms with E-state index in [4.69, 9.17) is 11.6 Å². The molecular formula is C13H12ClF3N4O2. The van der Waals surface area contributed by atoms with Crippen LogP contribution in [0.25, 0.3) is 0 Å². The van der Waals surface area contributed by atoms with Gasteiger partial charge >= 0.3 is 6.18 Å². The lowest BCUT2D eigenvalue weighted by Crippen LogP contribution is -2.34. The van der Waals surface area contributed by atoms with Gasteiger partial charge in [0, 0.05) is 31.7 Å². The number of nitrogens with zero attached hydrogens (tertiary/aromatic N) is 3. The lowest BCUT2D eigenvalue weighted by atomic mass is 10.2. The molecule has 0 aliphatic rings. The van der Waals surface area contributed by atoms with Crippen LogP contribution in [0.2, 0.25) is 5.02 Å². The Balaban J connectivity index is 2.02. The molecule has 0 aromatic carbocycles. The van der Waals surface area contributed by atoms with Crippen molar-refractivity contribution in [1.29, 1.82) is 0 Å². The van der Waals surface area contributed by atoms with E-state index < -0.39 is 34.8 Å². The minimum absolute atomic E-state index is 0.247. The predicted molar refractivity (Wildman–Crippen MR) is 76.0 cm³/mol. The van der Waals surface area contributed by atoms with Crippen molar-refractivity contribution < 1.29 is 18.0 Å². The number of pyridine rings is 1. The van der Waals surface area contributed by atoms with E-state index >= 15 is 0 Å². The summed E-state index contributed by atoms with van der Waals surface area (Å²) in [4.78, 5) is 27.3. The first kappa shape index (κ1) is 17.1. The quantitative estimate of drug-likeness (QED) is 0.891. The highest BCUT2D eigenvalue weighted by molar-refractivity contribution is 6.30. The number of hydrogen-bond acceptors (Lipinski definition) is 3. The molecule has 0 aliphatic heterocycles. The number of halogens is 4. The largest absolute Gasteiger partial charge is 0.417 e. The van der Waals surface area contributed by atoms with Crippen LogP contribution in [-0.2, 0) is 24.1 Å². The minimum Gasteiger partial charge on any atom is -0.353 e. The summed E-state index contributed by atoms with van der Waals surface area (Å²) in [6, 6.07) is 0.539. The summed E-state index contributed by atoms with van der Waals surface area (Å²) in [6.45, 7) is 0.146. The summed E-state index contributed by atoms with van der Waals surface area (Å²) < 4.78 is 40.4. The fourth-order valence-corrected chi connectivity index (χ4v) is 2.05. The number of hydrogen-bond donors (Lipinski definition) is 1. The van der Waals surface area contributed by atoms with Gasteiger partial charge in [0.25, 0.3) is 5.56 Å². The van der Waals surface area contributed by atoms with Gasteiger partial charge in [-0.15, -0.1) is 0 Å². The van der Waals surface area contributed by atoms with E-state index in [1.165, 1.54) is 0 Å². The number of aromatic nitrogens is 3. The van der Waals surface area contributed by atoms with Gasteiger partial charge in [0.15, 0.2) is 0 Å². The monoisotopic (exact) mass is 348 g/mol. The van der Waals surface area contributed by atoms with Gasteiger partial charge < -0.3 is 14.5 Å². The van der Waals surface area contributed by atoms with Gasteiger partial charge in [0.05, 0.1) is 11.9 Å². The molecular weight excluding hydrogens is 337 g/mol. The number of alkyl halides is 3. The average Bonchev–Trinajstić information content (AvgIpc) is 2.95. The molecule has 10 heteroatoms. The van der Waals surface area contributed by atoms with E-state index in [0.717, 1.165) is 0 Å². The topological polar surface area (TPSA) is 68.9 Å². The molecule has 0 unspecified atom stereocenters. The van der Waals surface area contributed by atoms with Crippen molar-refractivity contribution in [2.24, 2.45) is 0 Å². The smallest absolute Gasteiger partial charge is 0.353 e. The van der Waals surface area contributed by atoms with Crippen molar-refractivity contribution in [1.82, 2.24) is 19.4 Å². The third-order valence-corrected chi connectivity index (χ3v) is 3.21. The molecule has 2 aromatic heterocycles. The molecule has 0 radical (unpaired) electrons. The van der Waals surface area contributed by atoms with Crippen LogP contribution in [-0.4, -0.2) is 26.6 Å². The predicted octanol–water partition coefficient (Wildman–Crippen LogP) is 1.53. The first-order valence-corrected chi connectivity index (χ1v) is 6.85. The Bertz CT molecular complexity index is 741. The van der Waals surface area contributed by atoms with E-state index in [9.17, 15) is 22.8 Å². The van der Waals surface area contributed by atoms with E-state index in [2.05, 4.69) is 10.3 Å². The van der Waals surface area contributed by atoms with Gasteiger partial charge in [-0.25, -0.2) is 4.98 Å². The molecule has 0 fully saturated rings. The van der Waals surface area contributed by atoms with Crippen LogP contribution in [0.3, 0.4) is 0 Å². The Hall–Kier alpha value is -2.29. The van der Waals surface area contributed by atoms with Crippen LogP contribution in [0.4, 0.5) is 13.2 Å². The molecule has 2 rings (SSSR count). The maximum atomic E-state index is 12.7. The van der Waals surface area contributed by atoms with Crippen molar-refractivity contribution in [3.63, 3.8) is 0 Å². The molecule has 0 saturated heterocycles. The summed E-state index contributed by atoms with van der Waals surface area (Å²) in [7, 11) is 0. The number of imidazole rings is 1. The molecule has 0 saturated carbocycles. The first-order valence-electron chi connectivity index (χ1n) is 6.47. The molecule has 23 heavy (non-hydrogen) atoms. The van der Waals surface area contributed by atoms with Crippen LogP contribution in [0.5, 0.6) is 0 Å². The summed E-state index contributed by atoms with van der Waals surface area (Å²) in [5.74, 6) is -0.595. The molecule has 1 amide bonds. The highest BCUT2D eigenvalue weighted by Gasteiger charge is 2.32. The van der Waals surface area contributed by atoms with Crippen LogP contribution in [0.1, 0.15) is 5.56 Å². The molecule has 2 aromatic rings. The Morgan fingerprint density at radius 2 is 2.13 bits per heavy atom. The minimum atomic E-state index is -4.66. The second kappa shape index (κ2) is 6.86. The number of carbonyl (C=O) groups is 1. The third-order valence-electron chi connectivity index (χ3n) is 2.93. The van der Waals surface area contributed by atoms with Gasteiger partial charge in [0.2, 0.25) is 5.91 Å². The van der Waals surface area contributed by atoms with E-state index in [0.29, 0.717) is 23.4 Å². The first-order chi connectivity index (χ1) is 10.8. The fraction of sp³-hybridized carbons (Fsp3) is 0.308. The number of amides is 1. The van der Waals surface area contributed by atoms with Crippen molar-refractivity contribution >= 4 is 17.5 Å². The van der Waals surface area contributed by atoms with Crippen molar-refractivity contribution in [3.05, 3.63) is 51.9 Å². The third kappa shape index (κ3) is 4.59. The zero-order valence-electron chi connectivity index (χ0n) is 11.7. The zero-order valence-corrected chi connectivity index (χ0v) is 12.4. The summed E-state index contributed by atoms with van der Waals surface area (Å²) in [5, 5.41) is 1.91. The molecule has 2 heterocycles. The molecule has 0 aliphatic carbocycles. The zero-order chi connectivity index (χ0) is 17.0. The Morgan fingerprint density at radius 1 is 1.39 bits per heavy atom. The van der Waals surface area contributed by atoms with E-state index in [1.54, 1.807) is 23.3 Å². The molecule has 6 nitrogen and oxygen atoms in total. The highest BCUT2D eigenvalue weighted by Crippen LogP contribution is 2.29. The number of nitrogens with one attached hydrogen (secondary N) is 1. The van der Waals surface area contributed by atoms with Crippen LogP contribution in [0.15, 0.2) is 35.8 Å². The average molecular weight is 349 g/mol. The van der Waals surface area contributed by atoms with Gasteiger partial charge in [-0.1, -0.05) is 11.6 Å². The fourth-order valence-electron chi connectivity index (χ4n) is 1.83. The Kier molecular flexibility index (Phi) is 5.09. The van der Waals surface area contributed by atoms with Gasteiger partial charge in [-0.05, 0) is 6.07 Å². The van der Waals surface area contributed by atoms with E-state index in [1.807, 2.05) is 0 Å². The van der Waals surface area contributed by atoms with Crippen molar-refractivity contribution in [2.45, 2.75) is 19.3 Å².